The van der Waals surface area contributed by atoms with Crippen LogP contribution in [-0.2, 0) is 43.0 Å². The Balaban J connectivity index is 0.913. The van der Waals surface area contributed by atoms with E-state index in [1.807, 2.05) is 50.2 Å². The number of hydrogen-bond acceptors (Lipinski definition) is 12. The van der Waals surface area contributed by atoms with Gasteiger partial charge in [0, 0.05) is 58.1 Å². The average Bonchev–Trinajstić information content (AvgIpc) is 3.89. The summed E-state index contributed by atoms with van der Waals surface area (Å²) in [6.45, 7) is 10.6. The monoisotopic (exact) mass is 1060 g/mol. The first-order valence-corrected chi connectivity index (χ1v) is 27.0. The van der Waals surface area contributed by atoms with E-state index in [9.17, 15) is 53.3 Å². The molecule has 7 rings (SSSR count). The molecule has 2 aromatic rings. The summed E-state index contributed by atoms with van der Waals surface area (Å²) in [6.07, 6.45) is 2.74. The molecule has 75 heavy (non-hydrogen) atoms. The van der Waals surface area contributed by atoms with Gasteiger partial charge < -0.3 is 46.1 Å². The molecule has 4 amide bonds. The SMILES string of the molecule is CCCCC(C)SC(CC(=O)O)C(=O)NCCC(=O)N[C@@H](C)C(=O)N[C@@H](C)C(=O)Nc1ccc([C@H](C)c2ccc([C@@H]3O[C@@H]4C[C@H]5[C@@H]6C[C@H](CF)C7=CC(=O)C=C[C@]7(C)[C@@]6(F)[C@@H](O)C[C@]5(C)[C@]4(C(=O)CO)O3)cc2)cc1. The molecule has 0 bridgehead atoms. The van der Waals surface area contributed by atoms with Crippen molar-refractivity contribution in [3.05, 3.63) is 89.0 Å². The predicted octanol–water partition coefficient (Wildman–Crippen LogP) is 6.34. The molecule has 1 aliphatic heterocycles. The van der Waals surface area contributed by atoms with E-state index in [4.69, 9.17) is 9.47 Å². The standard InChI is InChI=1S/C56H72F2N4O12S/c1-8-9-10-30(2)75-43(26-48(68)69)51(72)59-22-20-47(67)60-32(4)49(70)61-33(5)50(71)62-38-17-15-35(16-18-38)31(3)34-11-13-36(14-12-34)52-73-46-25-41-42-23-37(28-57)40-24-39(64)19-21-53(40,6)55(42,58)44(65)27-54(41,7)56(46,74-52)45(66)29-63/h11-19,21,24,30-33,37,41-44,46,52,63,65H,8-10,20,22-23,25-29H2,1-7H3,(H,59,72)(H,60,67)(H,61,70)(H,62,71)(H,68,69)/t30?,31-,32+,33+,37-,41+,42+,43?,44+,46-,52-,53+,54+,55+,56-/m1/s1. The van der Waals surface area contributed by atoms with E-state index in [0.717, 1.165) is 30.4 Å². The molecule has 16 nitrogen and oxygen atoms in total. The first-order valence-electron chi connectivity index (χ1n) is 26.1. The Labute approximate surface area is 441 Å². The second kappa shape index (κ2) is 23.1. The number of carboxylic acids is 1. The molecule has 4 fully saturated rings. The number of carbonyl (C=O) groups is 7. The molecule has 5 aliphatic rings. The summed E-state index contributed by atoms with van der Waals surface area (Å²) in [5, 5.41) is 41.5. The van der Waals surface area contributed by atoms with Crippen LogP contribution < -0.4 is 21.3 Å². The summed E-state index contributed by atoms with van der Waals surface area (Å²) in [7, 11) is 0. The minimum absolute atomic E-state index is 0.0134. The Hall–Kier alpha value is -5.34. The second-order valence-electron chi connectivity index (χ2n) is 21.6. The number of thioether (sulfide) groups is 1. The van der Waals surface area contributed by atoms with E-state index in [1.165, 1.54) is 43.8 Å². The minimum atomic E-state index is -2.29. The number of benzene rings is 2. The molecular weight excluding hydrogens is 991 g/mol. The number of rotatable bonds is 22. The molecule has 3 saturated carbocycles. The van der Waals surface area contributed by atoms with E-state index in [1.54, 1.807) is 26.0 Å². The normalized spacial score (nSPS) is 31.5. The van der Waals surface area contributed by atoms with Crippen LogP contribution in [0, 0.1) is 28.6 Å². The number of Topliss-reactive ketones (excluding diaryl/α,β-unsaturated/α-hetero) is 1. The number of aliphatic carboxylic acids is 1. The van der Waals surface area contributed by atoms with Gasteiger partial charge in [-0.15, -0.1) is 11.8 Å². The first kappa shape index (κ1) is 57.4. The smallest absolute Gasteiger partial charge is 0.305 e. The number of alkyl halides is 2. The maximum absolute atomic E-state index is 18.0. The number of amides is 4. The fourth-order valence-electron chi connectivity index (χ4n) is 12.7. The molecule has 1 heterocycles. The minimum Gasteiger partial charge on any atom is -0.481 e. The van der Waals surface area contributed by atoms with E-state index in [2.05, 4.69) is 28.2 Å². The Morgan fingerprint density at radius 2 is 1.55 bits per heavy atom. The van der Waals surface area contributed by atoms with Gasteiger partial charge in [-0.3, -0.25) is 38.0 Å². The van der Waals surface area contributed by atoms with Crippen LogP contribution in [0.3, 0.4) is 0 Å². The third-order valence-electron chi connectivity index (χ3n) is 16.9. The van der Waals surface area contributed by atoms with Gasteiger partial charge >= 0.3 is 5.97 Å². The number of aliphatic hydroxyl groups excluding tert-OH is 2. The summed E-state index contributed by atoms with van der Waals surface area (Å²) in [6, 6.07) is 12.7. The molecular formula is C56H72F2N4O12S. The maximum Gasteiger partial charge on any atom is 0.305 e. The lowest BCUT2D eigenvalue weighted by molar-refractivity contribution is -0.235. The van der Waals surface area contributed by atoms with Gasteiger partial charge in [0.15, 0.2) is 29.1 Å². The molecule has 1 saturated heterocycles. The summed E-state index contributed by atoms with van der Waals surface area (Å²) >= 11 is 1.30. The zero-order valence-corrected chi connectivity index (χ0v) is 44.5. The number of unbranched alkanes of at least 4 members (excludes halogenated alkanes) is 1. The van der Waals surface area contributed by atoms with E-state index in [0.29, 0.717) is 16.8 Å². The van der Waals surface area contributed by atoms with Crippen molar-refractivity contribution in [2.45, 2.75) is 158 Å². The van der Waals surface area contributed by atoms with Crippen LogP contribution in [-0.4, -0.2) is 122 Å². The molecule has 2 unspecified atom stereocenters. The second-order valence-corrected chi connectivity index (χ2v) is 23.3. The summed E-state index contributed by atoms with van der Waals surface area (Å²) < 4.78 is 46.0. The van der Waals surface area contributed by atoms with Gasteiger partial charge in [-0.2, -0.15) is 0 Å². The molecule has 0 spiro atoms. The van der Waals surface area contributed by atoms with E-state index >= 15 is 4.39 Å². The van der Waals surface area contributed by atoms with Crippen LogP contribution in [0.5, 0.6) is 0 Å². The van der Waals surface area contributed by atoms with Gasteiger partial charge in [-0.1, -0.05) is 83.0 Å². The van der Waals surface area contributed by atoms with Gasteiger partial charge in [0.1, 0.15) is 18.7 Å². The third-order valence-corrected chi connectivity index (χ3v) is 18.3. The molecule has 7 N–H and O–H groups in total. The number of halogens is 2. The van der Waals surface area contributed by atoms with Crippen molar-refractivity contribution in [1.82, 2.24) is 16.0 Å². The van der Waals surface area contributed by atoms with Crippen LogP contribution in [0.1, 0.15) is 129 Å². The van der Waals surface area contributed by atoms with Crippen LogP contribution in [0.25, 0.3) is 0 Å². The molecule has 15 atom stereocenters. The van der Waals surface area contributed by atoms with E-state index in [-0.39, 0.29) is 55.6 Å². The molecule has 408 valence electrons. The Morgan fingerprint density at radius 1 is 0.893 bits per heavy atom. The predicted molar refractivity (Wildman–Crippen MR) is 277 cm³/mol. The number of carboxylic acid groups (broad SMARTS) is 1. The highest BCUT2D eigenvalue weighted by Gasteiger charge is 2.80. The van der Waals surface area contributed by atoms with Crippen molar-refractivity contribution in [2.24, 2.45) is 28.6 Å². The Morgan fingerprint density at radius 3 is 2.17 bits per heavy atom. The van der Waals surface area contributed by atoms with Crippen molar-refractivity contribution < 1.29 is 67.1 Å². The zero-order valence-electron chi connectivity index (χ0n) is 43.7. The highest BCUT2D eigenvalue weighted by molar-refractivity contribution is 8.01. The first-order chi connectivity index (χ1) is 35.5. The number of anilines is 1. The van der Waals surface area contributed by atoms with Gasteiger partial charge in [0.2, 0.25) is 23.6 Å². The van der Waals surface area contributed by atoms with Crippen LogP contribution in [0.15, 0.2) is 72.3 Å². The van der Waals surface area contributed by atoms with Crippen molar-refractivity contribution in [3.63, 3.8) is 0 Å². The van der Waals surface area contributed by atoms with Crippen LogP contribution in [0.2, 0.25) is 0 Å². The Bertz CT molecular complexity index is 2570. The summed E-state index contributed by atoms with van der Waals surface area (Å²) in [5.74, 6) is -6.61. The average molecular weight is 1060 g/mol. The van der Waals surface area contributed by atoms with Crippen molar-refractivity contribution in [2.75, 3.05) is 25.1 Å². The number of fused-ring (bicyclic) bond motifs is 7. The summed E-state index contributed by atoms with van der Waals surface area (Å²) in [4.78, 5) is 89.3. The number of allylic oxidation sites excluding steroid dienone is 4. The molecule has 0 radical (unpaired) electrons. The van der Waals surface area contributed by atoms with Crippen molar-refractivity contribution >= 4 is 58.6 Å². The number of carbonyl (C=O) groups excluding carboxylic acids is 6. The third kappa shape index (κ3) is 11.0. The molecule has 2 aromatic carbocycles. The summed E-state index contributed by atoms with van der Waals surface area (Å²) in [5.41, 5.74) is -3.46. The van der Waals surface area contributed by atoms with Gasteiger partial charge in [-0.05, 0) is 93.4 Å². The zero-order chi connectivity index (χ0) is 54.8. The van der Waals surface area contributed by atoms with Crippen LogP contribution in [0.4, 0.5) is 14.5 Å². The molecule has 4 aliphatic carbocycles. The largest absolute Gasteiger partial charge is 0.481 e. The number of ether oxygens (including phenoxy) is 2. The number of nitrogens with one attached hydrogen (secondary N) is 4. The molecule has 0 aromatic heterocycles. The fourth-order valence-corrected chi connectivity index (χ4v) is 14.0. The van der Waals surface area contributed by atoms with E-state index < -0.39 is 124 Å². The quantitative estimate of drug-likeness (QED) is 0.0682. The van der Waals surface area contributed by atoms with Gasteiger partial charge in [-0.25, -0.2) is 4.39 Å². The fraction of sp³-hybridized carbons (Fsp3) is 0.589. The number of aliphatic hydroxyl groups is 2. The highest BCUT2D eigenvalue weighted by Crippen LogP contribution is 2.73. The Kier molecular flexibility index (Phi) is 17.7. The van der Waals surface area contributed by atoms with Crippen molar-refractivity contribution in [1.29, 1.82) is 0 Å². The topological polar surface area (TPSA) is 247 Å². The maximum atomic E-state index is 18.0. The lowest BCUT2D eigenvalue weighted by atomic mass is 9.43. The van der Waals surface area contributed by atoms with Crippen LogP contribution >= 0.6 is 11.8 Å². The van der Waals surface area contributed by atoms with Crippen molar-refractivity contribution in [3.8, 4) is 0 Å². The lowest BCUT2D eigenvalue weighted by Gasteiger charge is -2.63. The number of hydrogen-bond donors (Lipinski definition) is 7. The van der Waals surface area contributed by atoms with Gasteiger partial charge in [0.05, 0.1) is 30.6 Å². The number of ketones is 2. The van der Waals surface area contributed by atoms with Gasteiger partial charge in [0.25, 0.3) is 0 Å². The highest BCUT2D eigenvalue weighted by atomic mass is 32.2. The molecule has 19 heteroatoms. The lowest BCUT2D eigenvalue weighted by Crippen LogP contribution is -2.70.